The Bertz CT molecular complexity index is 844. The van der Waals surface area contributed by atoms with Crippen LogP contribution in [-0.2, 0) is 9.53 Å². The topological polar surface area (TPSA) is 70.7 Å². The van der Waals surface area contributed by atoms with Crippen molar-refractivity contribution in [3.8, 4) is 0 Å². The van der Waals surface area contributed by atoms with E-state index >= 15 is 0 Å². The fraction of sp³-hybridized carbons (Fsp3) is 0.455. The Morgan fingerprint density at radius 1 is 1.23 bits per heavy atom. The van der Waals surface area contributed by atoms with E-state index in [9.17, 15) is 9.59 Å². The van der Waals surface area contributed by atoms with Crippen molar-refractivity contribution in [2.24, 2.45) is 0 Å². The number of nitrogens with one attached hydrogen (secondary N) is 2. The lowest BCUT2D eigenvalue weighted by atomic mass is 10.1. The number of nitrogens with zero attached hydrogens (tertiary/aromatic N) is 1. The van der Waals surface area contributed by atoms with Gasteiger partial charge in [0.2, 0.25) is 5.91 Å². The number of amides is 2. The molecule has 2 aromatic rings. The first-order chi connectivity index (χ1) is 15.1. The summed E-state index contributed by atoms with van der Waals surface area (Å²) >= 11 is 9.48. The highest BCUT2D eigenvalue weighted by molar-refractivity contribution is 7.98. The monoisotopic (exact) mass is 481 g/mol. The Balaban J connectivity index is 1.66. The van der Waals surface area contributed by atoms with E-state index in [2.05, 4.69) is 27.0 Å². The number of morpholine rings is 1. The van der Waals surface area contributed by atoms with Gasteiger partial charge >= 0.3 is 0 Å². The molecule has 1 fully saturated rings. The number of thioether (sulfide) groups is 1. The largest absolute Gasteiger partial charge is 0.379 e. The highest BCUT2D eigenvalue weighted by atomic mass is 35.5. The van der Waals surface area contributed by atoms with Crippen LogP contribution < -0.4 is 10.6 Å². The summed E-state index contributed by atoms with van der Waals surface area (Å²) in [7, 11) is 0. The van der Waals surface area contributed by atoms with Gasteiger partial charge in [-0.25, -0.2) is 0 Å². The van der Waals surface area contributed by atoms with Gasteiger partial charge in [-0.3, -0.25) is 14.5 Å². The molecule has 0 saturated carbocycles. The lowest BCUT2D eigenvalue weighted by Gasteiger charge is -2.34. The number of ether oxygens (including phenoxy) is 1. The number of benzene rings is 1. The van der Waals surface area contributed by atoms with Crippen molar-refractivity contribution in [3.63, 3.8) is 0 Å². The number of halogens is 1. The number of hydrogen-bond acceptors (Lipinski definition) is 6. The van der Waals surface area contributed by atoms with Gasteiger partial charge in [-0.2, -0.15) is 11.8 Å². The molecule has 1 aliphatic heterocycles. The number of thiophene rings is 1. The zero-order chi connectivity index (χ0) is 22.1. The third kappa shape index (κ3) is 6.95. The molecular weight excluding hydrogens is 454 g/mol. The molecule has 3 rings (SSSR count). The fourth-order valence-corrected chi connectivity index (χ4v) is 5.04. The Morgan fingerprint density at radius 3 is 2.68 bits per heavy atom. The molecule has 1 aromatic heterocycles. The van der Waals surface area contributed by atoms with E-state index in [1.165, 1.54) is 4.88 Å². The standard InChI is InChI=1S/C22H28ClN3O3S2/c1-30-14-8-18(25-21(27)16-5-2-3-6-17(16)23)22(28)24-15-19(20-7-4-13-31-20)26-9-11-29-12-10-26/h2-7,13,18-19H,8-12,14-15H2,1H3,(H,24,28)(H,25,27)/t18-,19-/m1/s1. The summed E-state index contributed by atoms with van der Waals surface area (Å²) in [5.41, 5.74) is 0.371. The van der Waals surface area contributed by atoms with Crippen LogP contribution in [0.15, 0.2) is 41.8 Å². The smallest absolute Gasteiger partial charge is 0.253 e. The Hall–Kier alpha value is -1.58. The maximum atomic E-state index is 13.0. The predicted molar refractivity (Wildman–Crippen MR) is 128 cm³/mol. The van der Waals surface area contributed by atoms with Crippen LogP contribution in [0.3, 0.4) is 0 Å². The van der Waals surface area contributed by atoms with Crippen LogP contribution in [0, 0.1) is 0 Å². The van der Waals surface area contributed by atoms with Crippen molar-refractivity contribution in [3.05, 3.63) is 57.2 Å². The number of rotatable bonds is 10. The summed E-state index contributed by atoms with van der Waals surface area (Å²) < 4.78 is 5.48. The minimum atomic E-state index is -0.620. The Labute approximate surface area is 196 Å². The predicted octanol–water partition coefficient (Wildman–Crippen LogP) is 3.44. The zero-order valence-electron chi connectivity index (χ0n) is 17.5. The minimum Gasteiger partial charge on any atom is -0.379 e. The Morgan fingerprint density at radius 2 is 2.00 bits per heavy atom. The zero-order valence-corrected chi connectivity index (χ0v) is 19.9. The highest BCUT2D eigenvalue weighted by Crippen LogP contribution is 2.25. The van der Waals surface area contributed by atoms with Crippen molar-refractivity contribution in [2.45, 2.75) is 18.5 Å². The van der Waals surface area contributed by atoms with Crippen molar-refractivity contribution >= 4 is 46.5 Å². The molecule has 9 heteroatoms. The van der Waals surface area contributed by atoms with Crippen LogP contribution in [0.2, 0.25) is 5.02 Å². The molecule has 2 heterocycles. The number of carbonyl (C=O) groups excluding carboxylic acids is 2. The third-order valence-corrected chi connectivity index (χ3v) is 7.13. The first-order valence-corrected chi connectivity index (χ1v) is 12.9. The van der Waals surface area contributed by atoms with Crippen LogP contribution in [0.1, 0.15) is 27.7 Å². The van der Waals surface area contributed by atoms with E-state index in [1.54, 1.807) is 47.4 Å². The van der Waals surface area contributed by atoms with E-state index in [-0.39, 0.29) is 17.9 Å². The van der Waals surface area contributed by atoms with Crippen LogP contribution >= 0.6 is 34.7 Å². The molecule has 0 aliphatic carbocycles. The van der Waals surface area contributed by atoms with Gasteiger partial charge in [-0.05, 0) is 42.0 Å². The summed E-state index contributed by atoms with van der Waals surface area (Å²) in [4.78, 5) is 29.3. The first kappa shape index (κ1) is 24.1. The molecule has 1 aromatic carbocycles. The molecule has 0 radical (unpaired) electrons. The lowest BCUT2D eigenvalue weighted by molar-refractivity contribution is -0.123. The maximum absolute atomic E-state index is 13.0. The SMILES string of the molecule is CSCC[C@@H](NC(=O)c1ccccc1Cl)C(=O)NC[C@H](c1cccs1)N1CCOCC1. The van der Waals surface area contributed by atoms with Crippen molar-refractivity contribution < 1.29 is 14.3 Å². The summed E-state index contributed by atoms with van der Waals surface area (Å²) in [6, 6.07) is 10.5. The first-order valence-electron chi connectivity index (χ1n) is 10.3. The van der Waals surface area contributed by atoms with Crippen molar-refractivity contribution in [1.82, 2.24) is 15.5 Å². The molecule has 1 aliphatic rings. The van der Waals surface area contributed by atoms with Gasteiger partial charge in [0, 0.05) is 24.5 Å². The quantitative estimate of drug-likeness (QED) is 0.544. The van der Waals surface area contributed by atoms with Gasteiger partial charge in [0.05, 0.1) is 29.8 Å². The van der Waals surface area contributed by atoms with Gasteiger partial charge in [-0.15, -0.1) is 11.3 Å². The lowest BCUT2D eigenvalue weighted by Crippen LogP contribution is -2.50. The van der Waals surface area contributed by atoms with Crippen LogP contribution in [0.4, 0.5) is 0 Å². The number of carbonyl (C=O) groups is 2. The number of hydrogen-bond donors (Lipinski definition) is 2. The maximum Gasteiger partial charge on any atom is 0.253 e. The highest BCUT2D eigenvalue weighted by Gasteiger charge is 2.27. The van der Waals surface area contributed by atoms with Crippen molar-refractivity contribution in [1.29, 1.82) is 0 Å². The van der Waals surface area contributed by atoms with E-state index in [1.807, 2.05) is 12.3 Å². The summed E-state index contributed by atoms with van der Waals surface area (Å²) in [6.07, 6.45) is 2.53. The second-order valence-electron chi connectivity index (χ2n) is 7.21. The molecule has 2 N–H and O–H groups in total. The summed E-state index contributed by atoms with van der Waals surface area (Å²) in [6.45, 7) is 3.53. The van der Waals surface area contributed by atoms with E-state index < -0.39 is 6.04 Å². The average Bonchev–Trinajstić information content (AvgIpc) is 3.32. The van der Waals surface area contributed by atoms with Gasteiger partial charge in [-0.1, -0.05) is 29.8 Å². The molecule has 0 unspecified atom stereocenters. The van der Waals surface area contributed by atoms with Crippen molar-refractivity contribution in [2.75, 3.05) is 44.9 Å². The van der Waals surface area contributed by atoms with E-state index in [0.29, 0.717) is 36.8 Å². The summed E-state index contributed by atoms with van der Waals surface area (Å²) in [5.74, 6) is 0.248. The summed E-state index contributed by atoms with van der Waals surface area (Å²) in [5, 5.41) is 8.36. The van der Waals surface area contributed by atoms with Crippen LogP contribution in [-0.4, -0.2) is 67.6 Å². The third-order valence-electron chi connectivity index (χ3n) is 5.18. The molecule has 31 heavy (non-hydrogen) atoms. The minimum absolute atomic E-state index is 0.0910. The molecule has 2 amide bonds. The molecule has 168 valence electrons. The fourth-order valence-electron chi connectivity index (χ4n) is 3.49. The van der Waals surface area contributed by atoms with Gasteiger partial charge in [0.1, 0.15) is 6.04 Å². The van der Waals surface area contributed by atoms with Gasteiger partial charge in [0.25, 0.3) is 5.91 Å². The van der Waals surface area contributed by atoms with Gasteiger partial charge in [0.15, 0.2) is 0 Å². The van der Waals surface area contributed by atoms with Crippen LogP contribution in [0.25, 0.3) is 0 Å². The molecule has 2 atom stereocenters. The van der Waals surface area contributed by atoms with Crippen LogP contribution in [0.5, 0.6) is 0 Å². The molecule has 6 nitrogen and oxygen atoms in total. The molecular formula is C22H28ClN3O3S2. The molecule has 0 spiro atoms. The molecule has 0 bridgehead atoms. The second kappa shape index (κ2) is 12.5. The Kier molecular flexibility index (Phi) is 9.67. The average molecular weight is 482 g/mol. The van der Waals surface area contributed by atoms with E-state index in [4.69, 9.17) is 16.3 Å². The second-order valence-corrected chi connectivity index (χ2v) is 9.58. The molecule has 1 saturated heterocycles. The normalized spacial score (nSPS) is 16.5. The van der Waals surface area contributed by atoms with Gasteiger partial charge < -0.3 is 15.4 Å². The van der Waals surface area contributed by atoms with E-state index in [0.717, 1.165) is 18.8 Å².